The highest BCUT2D eigenvalue weighted by atomic mass is 16.5. The van der Waals surface area contributed by atoms with E-state index in [-0.39, 0.29) is 6.10 Å². The number of aliphatic hydroxyl groups is 1. The van der Waals surface area contributed by atoms with Gasteiger partial charge in [-0.05, 0) is 43.2 Å². The largest absolute Gasteiger partial charge is 0.497 e. The van der Waals surface area contributed by atoms with E-state index in [1.54, 1.807) is 7.11 Å². The van der Waals surface area contributed by atoms with Crippen LogP contribution < -0.4 is 4.74 Å². The lowest BCUT2D eigenvalue weighted by molar-refractivity contribution is 0.173. The highest BCUT2D eigenvalue weighted by Gasteiger charge is 2.24. The van der Waals surface area contributed by atoms with Crippen molar-refractivity contribution in [2.75, 3.05) is 7.11 Å². The van der Waals surface area contributed by atoms with Gasteiger partial charge in [0.25, 0.3) is 0 Å². The van der Waals surface area contributed by atoms with Gasteiger partial charge in [0.1, 0.15) is 5.75 Å². The minimum atomic E-state index is -0.343. The number of aliphatic hydroxyl groups excluding tert-OH is 1. The highest BCUT2D eigenvalue weighted by molar-refractivity contribution is 5.76. The second-order valence-electron chi connectivity index (χ2n) is 5.32. The standard InChI is InChI=1S/C16H19NO2/c1-10-6-13-7-12-4-5-14(19-3)8-15(12)16(13)17(10)9-11(2)18/h4-6,8,11,18H,7,9H2,1-3H3/t11-/m0/s1. The van der Waals surface area contributed by atoms with Crippen molar-refractivity contribution in [3.63, 3.8) is 0 Å². The molecule has 0 saturated carbocycles. The van der Waals surface area contributed by atoms with Crippen molar-refractivity contribution in [3.8, 4) is 17.0 Å². The molecule has 100 valence electrons. The molecule has 1 N–H and O–H groups in total. The predicted molar refractivity (Wildman–Crippen MR) is 75.6 cm³/mol. The number of rotatable bonds is 3. The lowest BCUT2D eigenvalue weighted by atomic mass is 10.1. The van der Waals surface area contributed by atoms with Gasteiger partial charge >= 0.3 is 0 Å². The van der Waals surface area contributed by atoms with Crippen LogP contribution in [0, 0.1) is 6.92 Å². The van der Waals surface area contributed by atoms with Crippen molar-refractivity contribution in [3.05, 3.63) is 41.1 Å². The molecule has 3 rings (SSSR count). The van der Waals surface area contributed by atoms with Gasteiger partial charge in [-0.25, -0.2) is 0 Å². The molecule has 0 radical (unpaired) electrons. The zero-order valence-corrected chi connectivity index (χ0v) is 11.6. The smallest absolute Gasteiger partial charge is 0.119 e. The first-order valence-corrected chi connectivity index (χ1v) is 6.64. The summed E-state index contributed by atoms with van der Waals surface area (Å²) in [5.41, 5.74) is 6.38. The van der Waals surface area contributed by atoms with Crippen LogP contribution in [-0.2, 0) is 13.0 Å². The van der Waals surface area contributed by atoms with E-state index < -0.39 is 0 Å². The average molecular weight is 257 g/mol. The first-order valence-electron chi connectivity index (χ1n) is 6.64. The number of hydrogen-bond donors (Lipinski definition) is 1. The Hall–Kier alpha value is -1.74. The van der Waals surface area contributed by atoms with Gasteiger partial charge in [0.05, 0.1) is 18.9 Å². The summed E-state index contributed by atoms with van der Waals surface area (Å²) in [7, 11) is 1.69. The number of aromatic nitrogens is 1. The fourth-order valence-electron chi connectivity index (χ4n) is 2.96. The Labute approximate surface area is 113 Å². The molecule has 0 bridgehead atoms. The van der Waals surface area contributed by atoms with Gasteiger partial charge in [-0.15, -0.1) is 0 Å². The Morgan fingerprint density at radius 2 is 2.11 bits per heavy atom. The lowest BCUT2D eigenvalue weighted by Gasteiger charge is -2.14. The maximum absolute atomic E-state index is 9.68. The predicted octanol–water partition coefficient (Wildman–Crippen LogP) is 2.76. The Balaban J connectivity index is 2.14. The van der Waals surface area contributed by atoms with E-state index in [1.807, 2.05) is 13.0 Å². The summed E-state index contributed by atoms with van der Waals surface area (Å²) < 4.78 is 7.54. The van der Waals surface area contributed by atoms with E-state index in [4.69, 9.17) is 4.74 Å². The van der Waals surface area contributed by atoms with Crippen LogP contribution in [0.5, 0.6) is 5.75 Å². The minimum absolute atomic E-state index is 0.343. The Bertz CT molecular complexity index is 626. The summed E-state index contributed by atoms with van der Waals surface area (Å²) in [6, 6.07) is 8.47. The van der Waals surface area contributed by atoms with E-state index in [0.717, 1.165) is 12.2 Å². The summed E-state index contributed by atoms with van der Waals surface area (Å²) >= 11 is 0. The van der Waals surface area contributed by atoms with E-state index in [9.17, 15) is 5.11 Å². The summed E-state index contributed by atoms with van der Waals surface area (Å²) in [5, 5.41) is 9.68. The SMILES string of the molecule is COc1ccc2c(c1)-c1c(cc(C)n1C[C@H](C)O)C2. The van der Waals surface area contributed by atoms with Gasteiger partial charge in [0.2, 0.25) is 0 Å². The summed E-state index contributed by atoms with van der Waals surface area (Å²) in [5.74, 6) is 0.883. The van der Waals surface area contributed by atoms with Crippen molar-refractivity contribution < 1.29 is 9.84 Å². The molecule has 0 spiro atoms. The van der Waals surface area contributed by atoms with E-state index >= 15 is 0 Å². The fourth-order valence-corrected chi connectivity index (χ4v) is 2.96. The van der Waals surface area contributed by atoms with Gasteiger partial charge in [-0.3, -0.25) is 0 Å². The Morgan fingerprint density at radius 3 is 2.79 bits per heavy atom. The number of ether oxygens (including phenoxy) is 1. The number of nitrogens with zero attached hydrogens (tertiary/aromatic N) is 1. The molecule has 1 heterocycles. The number of methoxy groups -OCH3 is 1. The second-order valence-corrected chi connectivity index (χ2v) is 5.32. The van der Waals surface area contributed by atoms with Crippen LogP contribution in [0.3, 0.4) is 0 Å². The first kappa shape index (κ1) is 12.3. The first-order chi connectivity index (χ1) is 9.10. The highest BCUT2D eigenvalue weighted by Crippen LogP contribution is 2.40. The topological polar surface area (TPSA) is 34.4 Å². The summed E-state index contributed by atoms with van der Waals surface area (Å²) in [4.78, 5) is 0. The van der Waals surface area contributed by atoms with Crippen LogP contribution in [0.1, 0.15) is 23.7 Å². The zero-order valence-electron chi connectivity index (χ0n) is 11.6. The third kappa shape index (κ3) is 1.94. The van der Waals surface area contributed by atoms with Gasteiger partial charge in [0, 0.05) is 24.2 Å². The molecule has 3 nitrogen and oxygen atoms in total. The van der Waals surface area contributed by atoms with Gasteiger partial charge in [0.15, 0.2) is 0 Å². The molecule has 1 aromatic heterocycles. The Kier molecular flexibility index (Phi) is 2.86. The molecule has 0 aliphatic heterocycles. The average Bonchev–Trinajstić information content (AvgIpc) is 2.85. The van der Waals surface area contributed by atoms with E-state index in [2.05, 4.69) is 29.7 Å². The molecule has 1 aliphatic rings. The molecule has 1 aliphatic carbocycles. The zero-order chi connectivity index (χ0) is 13.6. The molecule has 0 amide bonds. The molecular formula is C16H19NO2. The van der Waals surface area contributed by atoms with Crippen LogP contribution in [0.15, 0.2) is 24.3 Å². The number of benzene rings is 1. The molecule has 1 atom stereocenters. The number of aryl methyl sites for hydroxylation is 1. The third-order valence-corrected chi connectivity index (χ3v) is 3.78. The van der Waals surface area contributed by atoms with Crippen LogP contribution in [0.25, 0.3) is 11.3 Å². The van der Waals surface area contributed by atoms with E-state index in [1.165, 1.54) is 28.1 Å². The normalized spacial score (nSPS) is 14.1. The number of hydrogen-bond acceptors (Lipinski definition) is 2. The van der Waals surface area contributed by atoms with Gasteiger partial charge in [-0.1, -0.05) is 6.07 Å². The second kappa shape index (κ2) is 4.42. The van der Waals surface area contributed by atoms with Crippen molar-refractivity contribution in [1.29, 1.82) is 0 Å². The quantitative estimate of drug-likeness (QED) is 0.783. The molecule has 0 unspecified atom stereocenters. The van der Waals surface area contributed by atoms with Crippen LogP contribution in [0.2, 0.25) is 0 Å². The van der Waals surface area contributed by atoms with Crippen LogP contribution in [0.4, 0.5) is 0 Å². The summed E-state index contributed by atoms with van der Waals surface area (Å²) in [6.07, 6.45) is 0.632. The molecule has 19 heavy (non-hydrogen) atoms. The van der Waals surface area contributed by atoms with Gasteiger partial charge in [-0.2, -0.15) is 0 Å². The number of fused-ring (bicyclic) bond motifs is 3. The molecule has 1 aromatic carbocycles. The molecule has 3 heteroatoms. The van der Waals surface area contributed by atoms with E-state index in [0.29, 0.717) is 6.54 Å². The van der Waals surface area contributed by atoms with Crippen molar-refractivity contribution in [1.82, 2.24) is 4.57 Å². The molecule has 2 aromatic rings. The van der Waals surface area contributed by atoms with Crippen molar-refractivity contribution in [2.24, 2.45) is 0 Å². The fraction of sp³-hybridized carbons (Fsp3) is 0.375. The van der Waals surface area contributed by atoms with Crippen LogP contribution in [-0.4, -0.2) is 22.9 Å². The Morgan fingerprint density at radius 1 is 1.32 bits per heavy atom. The molecule has 0 saturated heterocycles. The molecular weight excluding hydrogens is 238 g/mol. The third-order valence-electron chi connectivity index (χ3n) is 3.78. The minimum Gasteiger partial charge on any atom is -0.497 e. The summed E-state index contributed by atoms with van der Waals surface area (Å²) in [6.45, 7) is 4.56. The maximum atomic E-state index is 9.68. The molecule has 0 fully saturated rings. The van der Waals surface area contributed by atoms with Crippen molar-refractivity contribution in [2.45, 2.75) is 32.9 Å². The lowest BCUT2D eigenvalue weighted by Crippen LogP contribution is -2.13. The monoisotopic (exact) mass is 257 g/mol. The van der Waals surface area contributed by atoms with Gasteiger partial charge < -0.3 is 14.4 Å². The van der Waals surface area contributed by atoms with Crippen molar-refractivity contribution >= 4 is 0 Å². The maximum Gasteiger partial charge on any atom is 0.119 e. The van der Waals surface area contributed by atoms with Crippen LogP contribution >= 0.6 is 0 Å².